The van der Waals surface area contributed by atoms with E-state index in [9.17, 15) is 14.4 Å². The first kappa shape index (κ1) is 42.2. The number of methoxy groups -OCH3 is 1. The molecule has 0 aromatic heterocycles. The van der Waals surface area contributed by atoms with Crippen LogP contribution in [0.4, 0.5) is 22.7 Å². The van der Waals surface area contributed by atoms with E-state index >= 15 is 0 Å². The van der Waals surface area contributed by atoms with Gasteiger partial charge in [-0.25, -0.2) is 0 Å². The molecule has 1 N–H and O–H groups in total. The van der Waals surface area contributed by atoms with Gasteiger partial charge in [0.2, 0.25) is 5.91 Å². The third-order valence-electron chi connectivity index (χ3n) is 12.4. The van der Waals surface area contributed by atoms with E-state index < -0.39 is 0 Å². The molecule has 5 aromatic rings. The quantitative estimate of drug-likeness (QED) is 0.126. The molecular weight excluding hydrogens is 809 g/mol. The SMILES string of the molecule is COc1cc2c(cc1OCc1cc(COc3cc4c(cc3C)C(=O)N3c5ccccc5C[C@H]3C=N4)cc(NC(=O)CCC(C)(C)SC(C)C)c1)CC[C@@H]1Cc3ccccc3N1C2=O. The van der Waals surface area contributed by atoms with Crippen molar-refractivity contribution in [1.29, 1.82) is 0 Å². The Morgan fingerprint density at radius 3 is 2.19 bits per heavy atom. The number of benzene rings is 5. The molecule has 0 bridgehead atoms. The Morgan fingerprint density at radius 2 is 1.48 bits per heavy atom. The van der Waals surface area contributed by atoms with Gasteiger partial charge in [0.25, 0.3) is 11.8 Å². The first-order chi connectivity index (χ1) is 30.3. The molecule has 3 amide bonds. The van der Waals surface area contributed by atoms with Crippen molar-refractivity contribution in [3.63, 3.8) is 0 Å². The van der Waals surface area contributed by atoms with Crippen LogP contribution < -0.4 is 29.3 Å². The molecule has 0 saturated carbocycles. The van der Waals surface area contributed by atoms with Crippen LogP contribution in [0.2, 0.25) is 0 Å². The molecule has 4 heterocycles. The molecule has 0 fully saturated rings. The number of carbonyl (C=O) groups is 3. The summed E-state index contributed by atoms with van der Waals surface area (Å²) in [6.07, 6.45) is 6.13. The molecule has 0 aliphatic carbocycles. The van der Waals surface area contributed by atoms with Crippen LogP contribution in [0.3, 0.4) is 0 Å². The van der Waals surface area contributed by atoms with Crippen LogP contribution >= 0.6 is 11.8 Å². The van der Waals surface area contributed by atoms with Gasteiger partial charge in [-0.3, -0.25) is 24.3 Å². The van der Waals surface area contributed by atoms with E-state index in [2.05, 4.69) is 45.1 Å². The first-order valence-corrected chi connectivity index (χ1v) is 22.8. The molecule has 2 atom stereocenters. The smallest absolute Gasteiger partial charge is 0.261 e. The number of anilines is 3. The van der Waals surface area contributed by atoms with Crippen molar-refractivity contribution in [2.24, 2.45) is 4.99 Å². The third-order valence-corrected chi connectivity index (χ3v) is 13.7. The average molecular weight is 863 g/mol. The van der Waals surface area contributed by atoms with E-state index in [1.165, 1.54) is 5.56 Å². The van der Waals surface area contributed by atoms with Crippen molar-refractivity contribution in [3.05, 3.63) is 136 Å². The molecule has 9 rings (SSSR count). The minimum absolute atomic E-state index is 0.0178. The fourth-order valence-electron chi connectivity index (χ4n) is 9.56. The molecule has 0 unspecified atom stereocenters. The number of thioether (sulfide) groups is 1. The maximum Gasteiger partial charge on any atom is 0.261 e. The molecule has 4 aliphatic rings. The van der Waals surface area contributed by atoms with E-state index in [-0.39, 0.29) is 47.8 Å². The summed E-state index contributed by atoms with van der Waals surface area (Å²) < 4.78 is 18.8. The van der Waals surface area contributed by atoms with Gasteiger partial charge in [0.15, 0.2) is 11.5 Å². The zero-order chi connectivity index (χ0) is 44.0. The monoisotopic (exact) mass is 862 g/mol. The maximum atomic E-state index is 14.1. The number of hydrogen-bond acceptors (Lipinski definition) is 8. The number of aliphatic imine (C=N–C) groups is 1. The standard InChI is InChI=1S/C52H54N4O6S/c1-31(2)63-52(4,5)18-17-49(57)54-38-21-33(29-61-46-27-43-42(19-32(46)3)51(59)56-40(28-53-43)24-37-12-8-10-14-45(37)56)20-34(22-38)30-62-48-25-35-15-16-39-23-36-11-7-9-13-44(36)55(39)50(58)41(35)26-47(48)60-6/h7-14,19-22,25-28,31,39-40H,15-18,23-24,29-30H2,1-6H3,(H,54,57)/t39-,40+/m1/s1. The maximum absolute atomic E-state index is 14.1. The van der Waals surface area contributed by atoms with Gasteiger partial charge in [-0.1, -0.05) is 64.1 Å². The zero-order valence-corrected chi connectivity index (χ0v) is 37.6. The number of nitrogens with zero attached hydrogens (tertiary/aromatic N) is 3. The Bertz CT molecular complexity index is 2660. The van der Waals surface area contributed by atoms with Gasteiger partial charge < -0.3 is 24.4 Å². The van der Waals surface area contributed by atoms with E-state index in [1.807, 2.05) is 114 Å². The van der Waals surface area contributed by atoms with Crippen molar-refractivity contribution in [1.82, 2.24) is 0 Å². The van der Waals surface area contributed by atoms with Gasteiger partial charge >= 0.3 is 0 Å². The van der Waals surface area contributed by atoms with Gasteiger partial charge in [-0.15, -0.1) is 0 Å². The second kappa shape index (κ2) is 17.2. The number of carbonyl (C=O) groups excluding carboxylic acids is 3. The number of nitrogens with one attached hydrogen (secondary N) is 1. The molecule has 11 heteroatoms. The Balaban J connectivity index is 0.957. The highest BCUT2D eigenvalue weighted by Crippen LogP contribution is 2.42. The summed E-state index contributed by atoms with van der Waals surface area (Å²) in [7, 11) is 1.59. The zero-order valence-electron chi connectivity index (χ0n) is 36.8. The van der Waals surface area contributed by atoms with Crippen molar-refractivity contribution in [2.75, 3.05) is 22.2 Å². The summed E-state index contributed by atoms with van der Waals surface area (Å²) in [4.78, 5) is 50.1. The highest BCUT2D eigenvalue weighted by atomic mass is 32.2. The van der Waals surface area contributed by atoms with Gasteiger partial charge in [-0.2, -0.15) is 11.8 Å². The molecule has 4 aliphatic heterocycles. The van der Waals surface area contributed by atoms with Crippen LogP contribution in [-0.4, -0.2) is 53.1 Å². The number of para-hydroxylation sites is 2. The lowest BCUT2D eigenvalue weighted by Crippen LogP contribution is -2.37. The van der Waals surface area contributed by atoms with Gasteiger partial charge in [0, 0.05) is 58.5 Å². The van der Waals surface area contributed by atoms with E-state index in [0.717, 1.165) is 71.3 Å². The predicted molar refractivity (Wildman–Crippen MR) is 252 cm³/mol. The van der Waals surface area contributed by atoms with Crippen molar-refractivity contribution < 1.29 is 28.6 Å². The second-order valence-electron chi connectivity index (χ2n) is 17.9. The summed E-state index contributed by atoms with van der Waals surface area (Å²) in [5.74, 6) is 1.48. The number of amides is 3. The molecule has 0 saturated heterocycles. The highest BCUT2D eigenvalue weighted by Gasteiger charge is 2.38. The molecule has 10 nitrogen and oxygen atoms in total. The van der Waals surface area contributed by atoms with Gasteiger partial charge in [0.1, 0.15) is 19.0 Å². The van der Waals surface area contributed by atoms with Crippen LogP contribution in [0, 0.1) is 6.92 Å². The van der Waals surface area contributed by atoms with Crippen LogP contribution in [0.5, 0.6) is 17.2 Å². The molecule has 63 heavy (non-hydrogen) atoms. The topological polar surface area (TPSA) is 110 Å². The number of aryl methyl sites for hydroxylation is 2. The Hall–Kier alpha value is -6.07. The molecule has 324 valence electrons. The third kappa shape index (κ3) is 8.68. The molecule has 0 radical (unpaired) electrons. The molecule has 5 aromatic carbocycles. The predicted octanol–water partition coefficient (Wildman–Crippen LogP) is 10.6. The lowest BCUT2D eigenvalue weighted by Gasteiger charge is -2.26. The summed E-state index contributed by atoms with van der Waals surface area (Å²) in [5.41, 5.74) is 10.0. The van der Waals surface area contributed by atoms with Crippen LogP contribution in [0.15, 0.2) is 96.0 Å². The second-order valence-corrected chi connectivity index (χ2v) is 20.2. The number of hydrogen-bond donors (Lipinski definition) is 1. The number of fused-ring (bicyclic) bond motifs is 8. The normalized spacial score (nSPS) is 17.3. The number of ether oxygens (including phenoxy) is 3. The summed E-state index contributed by atoms with van der Waals surface area (Å²) in [6.45, 7) is 11.0. The van der Waals surface area contributed by atoms with E-state index in [1.54, 1.807) is 7.11 Å². The first-order valence-electron chi connectivity index (χ1n) is 21.9. The fraction of sp³-hybridized carbons (Fsp3) is 0.346. The minimum atomic E-state index is -0.144. The fourth-order valence-corrected chi connectivity index (χ4v) is 11.1. The Morgan fingerprint density at radius 1 is 0.810 bits per heavy atom. The average Bonchev–Trinajstić information content (AvgIpc) is 3.75. The summed E-state index contributed by atoms with van der Waals surface area (Å²) in [5, 5.41) is 3.61. The summed E-state index contributed by atoms with van der Waals surface area (Å²) >= 11 is 1.87. The highest BCUT2D eigenvalue weighted by molar-refractivity contribution is 8.01. The molecule has 0 spiro atoms. The largest absolute Gasteiger partial charge is 0.493 e. The van der Waals surface area contributed by atoms with Crippen LogP contribution in [-0.2, 0) is 37.3 Å². The van der Waals surface area contributed by atoms with Gasteiger partial charge in [-0.05, 0) is 120 Å². The van der Waals surface area contributed by atoms with Crippen LogP contribution in [0.1, 0.15) is 101 Å². The molecular formula is C52H54N4O6S. The lowest BCUT2D eigenvalue weighted by molar-refractivity contribution is -0.116. The number of rotatable bonds is 13. The lowest BCUT2D eigenvalue weighted by atomic mass is 9.99. The van der Waals surface area contributed by atoms with Crippen molar-refractivity contribution >= 4 is 58.4 Å². The Kier molecular flexibility index (Phi) is 11.6. The van der Waals surface area contributed by atoms with Gasteiger partial charge in [0.05, 0.1) is 24.4 Å². The summed E-state index contributed by atoms with van der Waals surface area (Å²) in [6, 6.07) is 29.5. The van der Waals surface area contributed by atoms with Crippen LogP contribution in [0.25, 0.3) is 0 Å². The minimum Gasteiger partial charge on any atom is -0.493 e. The van der Waals surface area contributed by atoms with E-state index in [0.29, 0.717) is 51.4 Å². The van der Waals surface area contributed by atoms with Crippen molar-refractivity contribution in [2.45, 2.75) is 108 Å². The van der Waals surface area contributed by atoms with Crippen molar-refractivity contribution in [3.8, 4) is 17.2 Å². The Labute approximate surface area is 374 Å². The van der Waals surface area contributed by atoms with E-state index in [4.69, 9.17) is 19.2 Å².